The minimum Gasteiger partial charge on any atom is -0.394 e. The first kappa shape index (κ1) is 76.9. The number of aliphatic hydroxyl groups is 5. The first-order chi connectivity index (χ1) is 39.3. The van der Waals surface area contributed by atoms with E-state index in [2.05, 4.69) is 31.3 Å². The molecule has 0 saturated carbocycles. The van der Waals surface area contributed by atoms with Crippen molar-refractivity contribution in [1.29, 1.82) is 0 Å². The van der Waals surface area contributed by atoms with Crippen LogP contribution in [0.5, 0.6) is 0 Å². The Kier molecular flexibility index (Phi) is 58.7. The second-order valence-electron chi connectivity index (χ2n) is 25.4. The fourth-order valence-corrected chi connectivity index (χ4v) is 12.0. The van der Waals surface area contributed by atoms with Crippen LogP contribution in [0.15, 0.2) is 12.2 Å². The van der Waals surface area contributed by atoms with Gasteiger partial charge in [0, 0.05) is 6.42 Å². The van der Waals surface area contributed by atoms with Crippen LogP contribution >= 0.6 is 0 Å². The van der Waals surface area contributed by atoms with Crippen molar-refractivity contribution in [3.05, 3.63) is 12.2 Å². The van der Waals surface area contributed by atoms with Gasteiger partial charge in [0.15, 0.2) is 6.29 Å². The SMILES string of the molecule is CCCCCCCCCCCCCC/C=C\CCCCCCCCCCCCCCCCCCCC(=O)NC(COC1OC(CO)C(O)C(O)C1O)C(O)CCCCCCCCCCCCCCCCCCCCCCCCCC. The summed E-state index contributed by atoms with van der Waals surface area (Å²) in [4.78, 5) is 13.2. The van der Waals surface area contributed by atoms with Gasteiger partial charge >= 0.3 is 0 Å². The van der Waals surface area contributed by atoms with E-state index in [1.54, 1.807) is 0 Å². The van der Waals surface area contributed by atoms with Gasteiger partial charge in [0.1, 0.15) is 24.4 Å². The van der Waals surface area contributed by atoms with E-state index in [-0.39, 0.29) is 12.5 Å². The average molecular weight is 1130 g/mol. The van der Waals surface area contributed by atoms with E-state index in [0.717, 1.165) is 38.5 Å². The Hall–Kier alpha value is -1.07. The minimum absolute atomic E-state index is 0.132. The molecule has 9 nitrogen and oxygen atoms in total. The molecule has 1 aliphatic rings. The zero-order valence-corrected chi connectivity index (χ0v) is 53.4. The van der Waals surface area contributed by atoms with Crippen LogP contribution in [0.25, 0.3) is 0 Å². The molecule has 6 N–H and O–H groups in total. The largest absolute Gasteiger partial charge is 0.394 e. The predicted octanol–water partition coefficient (Wildman–Crippen LogP) is 19.5. The molecule has 0 radical (unpaired) electrons. The third-order valence-electron chi connectivity index (χ3n) is 17.6. The van der Waals surface area contributed by atoms with E-state index >= 15 is 0 Å². The van der Waals surface area contributed by atoms with Crippen molar-refractivity contribution < 1.29 is 39.8 Å². The first-order valence-electron chi connectivity index (χ1n) is 35.9. The second kappa shape index (κ2) is 61.0. The van der Waals surface area contributed by atoms with Gasteiger partial charge in [-0.2, -0.15) is 0 Å². The fourth-order valence-electron chi connectivity index (χ4n) is 12.0. The average Bonchev–Trinajstić information content (AvgIpc) is 3.46. The van der Waals surface area contributed by atoms with Gasteiger partial charge in [-0.3, -0.25) is 4.79 Å². The second-order valence-corrected chi connectivity index (χ2v) is 25.4. The number of allylic oxidation sites excluding steroid dienone is 2. The van der Waals surface area contributed by atoms with E-state index in [0.29, 0.717) is 12.8 Å². The molecular weight excluding hydrogens is 995 g/mol. The third-order valence-corrected chi connectivity index (χ3v) is 17.6. The first-order valence-corrected chi connectivity index (χ1v) is 35.9. The number of hydrogen-bond acceptors (Lipinski definition) is 8. The van der Waals surface area contributed by atoms with Gasteiger partial charge in [-0.05, 0) is 38.5 Å². The van der Waals surface area contributed by atoms with Crippen LogP contribution in [0.3, 0.4) is 0 Å². The molecule has 1 aliphatic heterocycles. The van der Waals surface area contributed by atoms with Gasteiger partial charge in [-0.1, -0.05) is 347 Å². The van der Waals surface area contributed by atoms with E-state index in [4.69, 9.17) is 9.47 Å². The predicted molar refractivity (Wildman–Crippen MR) is 341 cm³/mol. The summed E-state index contributed by atoms with van der Waals surface area (Å²) in [5.41, 5.74) is 0. The summed E-state index contributed by atoms with van der Waals surface area (Å²) in [5.74, 6) is -0.135. The number of rotatable bonds is 64. The summed E-state index contributed by atoms with van der Waals surface area (Å²) in [7, 11) is 0. The summed E-state index contributed by atoms with van der Waals surface area (Å²) in [6.07, 6.45) is 71.5. The van der Waals surface area contributed by atoms with Gasteiger partial charge in [-0.15, -0.1) is 0 Å². The molecule has 1 saturated heterocycles. The molecule has 9 heteroatoms. The highest BCUT2D eigenvalue weighted by Gasteiger charge is 2.44. The maximum absolute atomic E-state index is 13.2. The lowest BCUT2D eigenvalue weighted by Gasteiger charge is -2.40. The Morgan fingerprint density at radius 2 is 0.700 bits per heavy atom. The van der Waals surface area contributed by atoms with Crippen molar-refractivity contribution in [3.63, 3.8) is 0 Å². The molecule has 0 spiro atoms. The number of carbonyl (C=O) groups is 1. The Morgan fingerprint density at radius 1 is 0.412 bits per heavy atom. The Morgan fingerprint density at radius 3 is 1.01 bits per heavy atom. The topological polar surface area (TPSA) is 149 Å². The van der Waals surface area contributed by atoms with E-state index in [9.17, 15) is 30.3 Å². The van der Waals surface area contributed by atoms with Crippen molar-refractivity contribution >= 4 is 5.91 Å². The number of ether oxygens (including phenoxy) is 2. The zero-order valence-electron chi connectivity index (χ0n) is 53.4. The molecule has 476 valence electrons. The molecule has 0 aromatic rings. The number of nitrogens with one attached hydrogen (secondary N) is 1. The molecule has 7 atom stereocenters. The van der Waals surface area contributed by atoms with Crippen LogP contribution < -0.4 is 5.32 Å². The number of amides is 1. The minimum atomic E-state index is -1.55. The summed E-state index contributed by atoms with van der Waals surface area (Å²) in [6, 6.07) is -0.717. The zero-order chi connectivity index (χ0) is 57.9. The molecule has 0 bridgehead atoms. The van der Waals surface area contributed by atoms with Crippen molar-refractivity contribution in [1.82, 2.24) is 5.32 Å². The molecule has 1 amide bonds. The maximum atomic E-state index is 13.2. The van der Waals surface area contributed by atoms with E-state index < -0.39 is 49.5 Å². The number of carbonyl (C=O) groups excluding carboxylic acids is 1. The van der Waals surface area contributed by atoms with E-state index in [1.807, 2.05) is 0 Å². The number of unbranched alkanes of at least 4 members (excludes halogenated alkanes) is 52. The molecule has 7 unspecified atom stereocenters. The van der Waals surface area contributed by atoms with Crippen LogP contribution in [0, 0.1) is 0 Å². The molecule has 0 aromatic carbocycles. The quantitative estimate of drug-likeness (QED) is 0.0261. The van der Waals surface area contributed by atoms with Gasteiger partial charge in [-0.25, -0.2) is 0 Å². The van der Waals surface area contributed by atoms with Crippen LogP contribution in [0.1, 0.15) is 380 Å². The van der Waals surface area contributed by atoms with Crippen molar-refractivity contribution in [3.8, 4) is 0 Å². The van der Waals surface area contributed by atoms with Gasteiger partial charge < -0.3 is 40.3 Å². The summed E-state index contributed by atoms with van der Waals surface area (Å²) >= 11 is 0. The molecular formula is C71H139NO8. The molecule has 1 heterocycles. The number of hydrogen-bond donors (Lipinski definition) is 6. The van der Waals surface area contributed by atoms with Gasteiger partial charge in [0.2, 0.25) is 5.91 Å². The highest BCUT2D eigenvalue weighted by atomic mass is 16.7. The van der Waals surface area contributed by atoms with Crippen LogP contribution in [-0.4, -0.2) is 87.5 Å². The Balaban J connectivity index is 2.08. The monoisotopic (exact) mass is 1130 g/mol. The lowest BCUT2D eigenvalue weighted by atomic mass is 9.99. The highest BCUT2D eigenvalue weighted by molar-refractivity contribution is 5.76. The maximum Gasteiger partial charge on any atom is 0.220 e. The molecule has 1 fully saturated rings. The lowest BCUT2D eigenvalue weighted by Crippen LogP contribution is -2.60. The highest BCUT2D eigenvalue weighted by Crippen LogP contribution is 2.24. The van der Waals surface area contributed by atoms with Crippen molar-refractivity contribution in [2.45, 2.75) is 423 Å². The Bertz CT molecular complexity index is 1270. The molecule has 80 heavy (non-hydrogen) atoms. The molecule has 0 aliphatic carbocycles. The fraction of sp³-hybridized carbons (Fsp3) is 0.958. The molecule has 1 rings (SSSR count). The standard InChI is InChI=1S/C71H139NO8/c1-3-5-7-9-11-13-15-17-19-21-23-25-27-29-30-31-32-33-34-35-36-37-39-41-43-45-47-49-51-53-55-57-59-61-67(75)72-64(63-79-71-70(78)69(77)68(76)66(62-73)80-71)65(74)60-58-56-54-52-50-48-46-44-42-40-38-28-26-24-22-20-18-16-14-12-10-8-6-4-2/h29-30,64-66,68-71,73-74,76-78H,3-28,31-63H2,1-2H3,(H,72,75)/b30-29-. The summed E-state index contributed by atoms with van der Waals surface area (Å²) < 4.78 is 11.4. The molecule has 0 aromatic heterocycles. The van der Waals surface area contributed by atoms with Crippen LogP contribution in [0.4, 0.5) is 0 Å². The van der Waals surface area contributed by atoms with Crippen molar-refractivity contribution in [2.75, 3.05) is 13.2 Å². The summed E-state index contributed by atoms with van der Waals surface area (Å²) in [5, 5.41) is 55.0. The normalized spacial score (nSPS) is 18.4. The van der Waals surface area contributed by atoms with Crippen LogP contribution in [0.2, 0.25) is 0 Å². The van der Waals surface area contributed by atoms with Gasteiger partial charge in [0.05, 0.1) is 25.4 Å². The smallest absolute Gasteiger partial charge is 0.220 e. The Labute approximate surface area is 496 Å². The van der Waals surface area contributed by atoms with Gasteiger partial charge in [0.25, 0.3) is 0 Å². The summed E-state index contributed by atoms with van der Waals surface area (Å²) in [6.45, 7) is 3.90. The third kappa shape index (κ3) is 49.2. The van der Waals surface area contributed by atoms with Crippen LogP contribution in [-0.2, 0) is 14.3 Å². The lowest BCUT2D eigenvalue weighted by molar-refractivity contribution is -0.302. The van der Waals surface area contributed by atoms with Crippen molar-refractivity contribution in [2.24, 2.45) is 0 Å². The number of aliphatic hydroxyl groups excluding tert-OH is 5. The van der Waals surface area contributed by atoms with E-state index in [1.165, 1.54) is 315 Å².